The van der Waals surface area contributed by atoms with Crippen molar-refractivity contribution in [1.82, 2.24) is 10.3 Å². The molecule has 0 amide bonds. The maximum absolute atomic E-state index is 4.56. The molecule has 0 aromatic carbocycles. The third kappa shape index (κ3) is 2.83. The average Bonchev–Trinajstić information content (AvgIpc) is 2.86. The molecule has 1 aliphatic rings. The number of thiazole rings is 1. The topological polar surface area (TPSA) is 24.9 Å². The quantitative estimate of drug-likeness (QED) is 0.869. The highest BCUT2D eigenvalue weighted by Gasteiger charge is 2.21. The largest absolute Gasteiger partial charge is 0.308 e. The minimum absolute atomic E-state index is 0.645. The molecule has 1 atom stereocenters. The first-order chi connectivity index (χ1) is 7.66. The van der Waals surface area contributed by atoms with Crippen molar-refractivity contribution in [2.24, 2.45) is 5.92 Å². The third-order valence-corrected chi connectivity index (χ3v) is 4.83. The Morgan fingerprint density at radius 3 is 2.62 bits per heavy atom. The van der Waals surface area contributed by atoms with Crippen LogP contribution < -0.4 is 5.32 Å². The summed E-state index contributed by atoms with van der Waals surface area (Å²) in [6.07, 6.45) is 5.66. The zero-order valence-electron chi connectivity index (χ0n) is 10.5. The molecule has 1 aromatic rings. The summed E-state index contributed by atoms with van der Waals surface area (Å²) < 4.78 is 0. The Labute approximate surface area is 102 Å². The minimum Gasteiger partial charge on any atom is -0.308 e. The normalized spacial score (nSPS) is 19.2. The molecule has 1 aliphatic carbocycles. The molecule has 0 aliphatic heterocycles. The van der Waals surface area contributed by atoms with Gasteiger partial charge in [-0.05, 0) is 39.5 Å². The standard InChI is InChI=1S/C13H22N2S/c1-9-11(3)16-13(15-9)8-14-10(2)12-6-4-5-7-12/h10,12,14H,4-8H2,1-3H3/t10-/m1/s1. The van der Waals surface area contributed by atoms with Gasteiger partial charge in [-0.25, -0.2) is 4.98 Å². The van der Waals surface area contributed by atoms with Crippen LogP contribution in [0.4, 0.5) is 0 Å². The summed E-state index contributed by atoms with van der Waals surface area (Å²) in [4.78, 5) is 5.92. The summed E-state index contributed by atoms with van der Waals surface area (Å²) in [5.41, 5.74) is 1.19. The van der Waals surface area contributed by atoms with E-state index in [0.29, 0.717) is 6.04 Å². The van der Waals surface area contributed by atoms with Gasteiger partial charge in [-0.15, -0.1) is 11.3 Å². The van der Waals surface area contributed by atoms with E-state index in [1.165, 1.54) is 41.3 Å². The van der Waals surface area contributed by atoms with Crippen LogP contribution in [0.15, 0.2) is 0 Å². The lowest BCUT2D eigenvalue weighted by Gasteiger charge is -2.19. The molecule has 0 radical (unpaired) electrons. The van der Waals surface area contributed by atoms with E-state index in [0.717, 1.165) is 12.5 Å². The van der Waals surface area contributed by atoms with E-state index in [-0.39, 0.29) is 0 Å². The van der Waals surface area contributed by atoms with Gasteiger partial charge in [-0.1, -0.05) is 12.8 Å². The maximum Gasteiger partial charge on any atom is 0.107 e. The summed E-state index contributed by atoms with van der Waals surface area (Å²) in [6.45, 7) is 7.51. The molecule has 16 heavy (non-hydrogen) atoms. The Morgan fingerprint density at radius 1 is 1.38 bits per heavy atom. The van der Waals surface area contributed by atoms with Crippen LogP contribution in [0.1, 0.15) is 48.2 Å². The first-order valence-corrected chi connectivity index (χ1v) is 7.14. The fourth-order valence-corrected chi connectivity index (χ4v) is 3.37. The Hall–Kier alpha value is -0.410. The average molecular weight is 238 g/mol. The monoisotopic (exact) mass is 238 g/mol. The van der Waals surface area contributed by atoms with Gasteiger partial charge in [0.05, 0.1) is 5.69 Å². The molecule has 1 fully saturated rings. The number of nitrogens with zero attached hydrogens (tertiary/aromatic N) is 1. The second-order valence-electron chi connectivity index (χ2n) is 4.96. The lowest BCUT2D eigenvalue weighted by molar-refractivity contribution is 0.380. The number of hydrogen-bond acceptors (Lipinski definition) is 3. The molecule has 2 nitrogen and oxygen atoms in total. The Balaban J connectivity index is 1.82. The van der Waals surface area contributed by atoms with Gasteiger partial charge >= 0.3 is 0 Å². The number of nitrogens with one attached hydrogen (secondary N) is 1. The lowest BCUT2D eigenvalue weighted by Crippen LogP contribution is -2.31. The number of aryl methyl sites for hydroxylation is 2. The highest BCUT2D eigenvalue weighted by Crippen LogP contribution is 2.27. The van der Waals surface area contributed by atoms with Gasteiger partial charge in [-0.3, -0.25) is 0 Å². The second-order valence-corrected chi connectivity index (χ2v) is 6.25. The molecule has 0 saturated heterocycles. The molecule has 1 N–H and O–H groups in total. The van der Waals surface area contributed by atoms with Gasteiger partial charge in [0.25, 0.3) is 0 Å². The summed E-state index contributed by atoms with van der Waals surface area (Å²) in [7, 11) is 0. The van der Waals surface area contributed by atoms with E-state index in [9.17, 15) is 0 Å². The van der Waals surface area contributed by atoms with Gasteiger partial charge in [0, 0.05) is 17.5 Å². The molecule has 0 unspecified atom stereocenters. The van der Waals surface area contributed by atoms with Crippen molar-refractivity contribution in [2.75, 3.05) is 0 Å². The highest BCUT2D eigenvalue weighted by molar-refractivity contribution is 7.11. The molecular weight excluding hydrogens is 216 g/mol. The van der Waals surface area contributed by atoms with Crippen LogP contribution in [0.5, 0.6) is 0 Å². The van der Waals surface area contributed by atoms with E-state index in [4.69, 9.17) is 0 Å². The Morgan fingerprint density at radius 2 is 2.06 bits per heavy atom. The molecule has 2 rings (SSSR count). The molecule has 0 bridgehead atoms. The van der Waals surface area contributed by atoms with Gasteiger partial charge in [0.2, 0.25) is 0 Å². The van der Waals surface area contributed by atoms with Crippen molar-refractivity contribution in [3.05, 3.63) is 15.6 Å². The smallest absolute Gasteiger partial charge is 0.107 e. The fourth-order valence-electron chi connectivity index (χ4n) is 2.49. The fraction of sp³-hybridized carbons (Fsp3) is 0.769. The molecule has 3 heteroatoms. The van der Waals surface area contributed by atoms with E-state index in [1.54, 1.807) is 0 Å². The maximum atomic E-state index is 4.56. The molecule has 1 aromatic heterocycles. The van der Waals surface area contributed by atoms with Crippen LogP contribution in [0.3, 0.4) is 0 Å². The van der Waals surface area contributed by atoms with E-state index < -0.39 is 0 Å². The van der Waals surface area contributed by atoms with Crippen molar-refractivity contribution < 1.29 is 0 Å². The summed E-state index contributed by atoms with van der Waals surface area (Å²) in [6, 6.07) is 0.645. The predicted molar refractivity (Wildman–Crippen MR) is 69.8 cm³/mol. The SMILES string of the molecule is Cc1nc(CN[C@H](C)C2CCCC2)sc1C. The van der Waals surface area contributed by atoms with E-state index in [2.05, 4.69) is 31.1 Å². The van der Waals surface area contributed by atoms with Crippen molar-refractivity contribution in [1.29, 1.82) is 0 Å². The number of rotatable bonds is 4. The number of hydrogen-bond donors (Lipinski definition) is 1. The van der Waals surface area contributed by atoms with Crippen LogP contribution in [0, 0.1) is 19.8 Å². The summed E-state index contributed by atoms with van der Waals surface area (Å²) in [5, 5.41) is 4.87. The molecule has 0 spiro atoms. The van der Waals surface area contributed by atoms with Crippen molar-refractivity contribution in [2.45, 2.75) is 59.0 Å². The predicted octanol–water partition coefficient (Wildman–Crippen LogP) is 3.43. The van der Waals surface area contributed by atoms with Crippen LogP contribution in [-0.4, -0.2) is 11.0 Å². The molecule has 1 heterocycles. The minimum atomic E-state index is 0.645. The van der Waals surface area contributed by atoms with Gasteiger partial charge < -0.3 is 5.32 Å². The lowest BCUT2D eigenvalue weighted by atomic mass is 10.00. The highest BCUT2D eigenvalue weighted by atomic mass is 32.1. The first kappa shape index (κ1) is 12.1. The van der Waals surface area contributed by atoms with Gasteiger partial charge in [0.15, 0.2) is 0 Å². The molecular formula is C13H22N2S. The Kier molecular flexibility index (Phi) is 3.98. The van der Waals surface area contributed by atoms with E-state index in [1.807, 2.05) is 11.3 Å². The van der Waals surface area contributed by atoms with Crippen LogP contribution >= 0.6 is 11.3 Å². The second kappa shape index (κ2) is 5.28. The van der Waals surface area contributed by atoms with Gasteiger partial charge in [0.1, 0.15) is 5.01 Å². The van der Waals surface area contributed by atoms with Crippen molar-refractivity contribution in [3.63, 3.8) is 0 Å². The van der Waals surface area contributed by atoms with Crippen molar-refractivity contribution >= 4 is 11.3 Å². The van der Waals surface area contributed by atoms with Crippen LogP contribution in [-0.2, 0) is 6.54 Å². The van der Waals surface area contributed by atoms with Crippen LogP contribution in [0.25, 0.3) is 0 Å². The van der Waals surface area contributed by atoms with E-state index >= 15 is 0 Å². The van der Waals surface area contributed by atoms with Gasteiger partial charge in [-0.2, -0.15) is 0 Å². The molecule has 90 valence electrons. The molecule has 1 saturated carbocycles. The van der Waals surface area contributed by atoms with Crippen LogP contribution in [0.2, 0.25) is 0 Å². The number of aromatic nitrogens is 1. The zero-order valence-corrected chi connectivity index (χ0v) is 11.4. The van der Waals surface area contributed by atoms with Crippen molar-refractivity contribution in [3.8, 4) is 0 Å². The Bertz CT molecular complexity index is 320. The first-order valence-electron chi connectivity index (χ1n) is 6.33. The third-order valence-electron chi connectivity index (χ3n) is 3.76. The summed E-state index contributed by atoms with van der Waals surface area (Å²) in [5.74, 6) is 0.891. The zero-order chi connectivity index (χ0) is 11.5. The summed E-state index contributed by atoms with van der Waals surface area (Å²) >= 11 is 1.83.